The summed E-state index contributed by atoms with van der Waals surface area (Å²) in [6, 6.07) is 5.06. The molecule has 70 valence electrons. The van der Waals surface area contributed by atoms with E-state index in [1.165, 1.54) is 0 Å². The first-order valence-electron chi connectivity index (χ1n) is 3.97. The fourth-order valence-electron chi connectivity index (χ4n) is 0.948. The van der Waals surface area contributed by atoms with E-state index >= 15 is 0 Å². The van der Waals surface area contributed by atoms with Gasteiger partial charge in [0.05, 0.1) is 4.90 Å². The maximum Gasteiger partial charge on any atom is 0.223 e. The SMILES string of the molecule is O=S(c1ccncc1)c1ncccn1. The van der Waals surface area contributed by atoms with Crippen molar-refractivity contribution in [1.29, 1.82) is 0 Å². The van der Waals surface area contributed by atoms with Gasteiger partial charge in [-0.3, -0.25) is 4.98 Å². The molecule has 1 atom stereocenters. The summed E-state index contributed by atoms with van der Waals surface area (Å²) in [4.78, 5) is 12.4. The molecular weight excluding hydrogens is 198 g/mol. The molecule has 0 spiro atoms. The van der Waals surface area contributed by atoms with E-state index in [1.54, 1.807) is 43.0 Å². The van der Waals surface area contributed by atoms with Crippen LogP contribution in [-0.2, 0) is 10.8 Å². The molecule has 2 heterocycles. The maximum atomic E-state index is 11.8. The second-order valence-electron chi connectivity index (χ2n) is 2.48. The number of aromatic nitrogens is 3. The monoisotopic (exact) mass is 205 g/mol. The fourth-order valence-corrected chi connectivity index (χ4v) is 1.84. The Bertz CT molecular complexity index is 391. The van der Waals surface area contributed by atoms with E-state index in [4.69, 9.17) is 0 Å². The summed E-state index contributed by atoms with van der Waals surface area (Å²) in [6.45, 7) is 0. The molecule has 2 rings (SSSR count). The third-order valence-electron chi connectivity index (χ3n) is 1.57. The van der Waals surface area contributed by atoms with Crippen molar-refractivity contribution >= 4 is 10.8 Å². The van der Waals surface area contributed by atoms with Crippen molar-refractivity contribution in [2.75, 3.05) is 0 Å². The van der Waals surface area contributed by atoms with Crippen LogP contribution in [0, 0.1) is 0 Å². The molecule has 1 unspecified atom stereocenters. The minimum atomic E-state index is -1.31. The van der Waals surface area contributed by atoms with Gasteiger partial charge in [0.2, 0.25) is 5.16 Å². The highest BCUT2D eigenvalue weighted by atomic mass is 32.2. The molecule has 0 radical (unpaired) electrons. The lowest BCUT2D eigenvalue weighted by Crippen LogP contribution is -1.98. The number of hydrogen-bond acceptors (Lipinski definition) is 4. The van der Waals surface area contributed by atoms with Crippen molar-refractivity contribution in [1.82, 2.24) is 15.0 Å². The first-order chi connectivity index (χ1) is 6.88. The van der Waals surface area contributed by atoms with Crippen LogP contribution >= 0.6 is 0 Å². The average Bonchev–Trinajstić information content (AvgIpc) is 2.30. The van der Waals surface area contributed by atoms with Crippen molar-refractivity contribution in [3.8, 4) is 0 Å². The summed E-state index contributed by atoms with van der Waals surface area (Å²) in [6.07, 6.45) is 6.33. The van der Waals surface area contributed by atoms with Crippen LogP contribution in [0.25, 0.3) is 0 Å². The zero-order valence-corrected chi connectivity index (χ0v) is 8.02. The third-order valence-corrected chi connectivity index (χ3v) is 2.81. The van der Waals surface area contributed by atoms with Crippen LogP contribution in [0.2, 0.25) is 0 Å². The molecule has 0 aliphatic carbocycles. The van der Waals surface area contributed by atoms with Gasteiger partial charge in [0.25, 0.3) is 0 Å². The van der Waals surface area contributed by atoms with Gasteiger partial charge in [-0.2, -0.15) is 0 Å². The quantitative estimate of drug-likeness (QED) is 0.687. The van der Waals surface area contributed by atoms with E-state index in [0.29, 0.717) is 10.1 Å². The molecule has 2 aromatic heterocycles. The van der Waals surface area contributed by atoms with E-state index in [0.717, 1.165) is 0 Å². The Morgan fingerprint density at radius 2 is 1.64 bits per heavy atom. The molecule has 4 nitrogen and oxygen atoms in total. The number of hydrogen-bond donors (Lipinski definition) is 0. The zero-order valence-electron chi connectivity index (χ0n) is 7.20. The van der Waals surface area contributed by atoms with Crippen LogP contribution in [0.15, 0.2) is 53.0 Å². The van der Waals surface area contributed by atoms with Crippen molar-refractivity contribution in [3.05, 3.63) is 43.0 Å². The number of nitrogens with zero attached hydrogens (tertiary/aromatic N) is 3. The van der Waals surface area contributed by atoms with Crippen molar-refractivity contribution in [2.24, 2.45) is 0 Å². The van der Waals surface area contributed by atoms with Gasteiger partial charge in [0, 0.05) is 24.8 Å². The molecular formula is C9H7N3OS. The molecule has 0 aromatic carbocycles. The summed E-state index contributed by atoms with van der Waals surface area (Å²) in [5, 5.41) is 0.318. The largest absolute Gasteiger partial charge is 0.265 e. The van der Waals surface area contributed by atoms with Gasteiger partial charge in [-0.05, 0) is 18.2 Å². The summed E-state index contributed by atoms with van der Waals surface area (Å²) in [5.74, 6) is 0. The van der Waals surface area contributed by atoms with Crippen LogP contribution < -0.4 is 0 Å². The van der Waals surface area contributed by atoms with Gasteiger partial charge in [-0.15, -0.1) is 0 Å². The zero-order chi connectivity index (χ0) is 9.80. The predicted octanol–water partition coefficient (Wildman–Crippen LogP) is 1.04. The van der Waals surface area contributed by atoms with Gasteiger partial charge in [0.15, 0.2) is 0 Å². The Labute approximate surface area is 83.5 Å². The molecule has 14 heavy (non-hydrogen) atoms. The lowest BCUT2D eigenvalue weighted by Gasteiger charge is -1.98. The van der Waals surface area contributed by atoms with Crippen LogP contribution in [-0.4, -0.2) is 19.2 Å². The van der Waals surface area contributed by atoms with Gasteiger partial charge in [-0.25, -0.2) is 14.2 Å². The number of pyridine rings is 1. The van der Waals surface area contributed by atoms with Gasteiger partial charge in [0.1, 0.15) is 10.8 Å². The Hall–Kier alpha value is -1.62. The minimum Gasteiger partial charge on any atom is -0.265 e. The molecule has 0 N–H and O–H groups in total. The Balaban J connectivity index is 2.35. The van der Waals surface area contributed by atoms with E-state index in [1.807, 2.05) is 0 Å². The fraction of sp³-hybridized carbons (Fsp3) is 0. The van der Waals surface area contributed by atoms with Crippen molar-refractivity contribution < 1.29 is 4.21 Å². The van der Waals surface area contributed by atoms with Gasteiger partial charge < -0.3 is 0 Å². The summed E-state index contributed by atoms with van der Waals surface area (Å²) >= 11 is 0. The molecule has 0 bridgehead atoms. The highest BCUT2D eigenvalue weighted by Gasteiger charge is 2.07. The molecule has 0 fully saturated rings. The topological polar surface area (TPSA) is 55.7 Å². The Morgan fingerprint density at radius 1 is 1.00 bits per heavy atom. The second-order valence-corrected chi connectivity index (χ2v) is 3.86. The molecule has 5 heteroatoms. The number of rotatable bonds is 2. The predicted molar refractivity (Wildman–Crippen MR) is 50.9 cm³/mol. The highest BCUT2D eigenvalue weighted by Crippen LogP contribution is 2.09. The minimum absolute atomic E-state index is 0.318. The molecule has 0 aliphatic heterocycles. The highest BCUT2D eigenvalue weighted by molar-refractivity contribution is 7.84. The molecule has 0 saturated heterocycles. The Kier molecular flexibility index (Phi) is 2.60. The first kappa shape index (κ1) is 8.96. The van der Waals surface area contributed by atoms with Gasteiger partial charge in [-0.1, -0.05) is 0 Å². The summed E-state index contributed by atoms with van der Waals surface area (Å²) < 4.78 is 11.8. The van der Waals surface area contributed by atoms with Crippen LogP contribution in [0.3, 0.4) is 0 Å². The lowest BCUT2D eigenvalue weighted by atomic mass is 10.5. The van der Waals surface area contributed by atoms with E-state index in [9.17, 15) is 4.21 Å². The van der Waals surface area contributed by atoms with Gasteiger partial charge >= 0.3 is 0 Å². The van der Waals surface area contributed by atoms with Crippen molar-refractivity contribution in [3.63, 3.8) is 0 Å². The van der Waals surface area contributed by atoms with Crippen LogP contribution in [0.5, 0.6) is 0 Å². The lowest BCUT2D eigenvalue weighted by molar-refractivity contribution is 0.675. The smallest absolute Gasteiger partial charge is 0.223 e. The third kappa shape index (κ3) is 1.82. The first-order valence-corrected chi connectivity index (χ1v) is 5.12. The standard InChI is InChI=1S/C9H7N3OS/c13-14(8-2-6-10-7-3-8)9-11-4-1-5-12-9/h1-7H. The summed E-state index contributed by atoms with van der Waals surface area (Å²) in [5.41, 5.74) is 0. The maximum absolute atomic E-state index is 11.8. The summed E-state index contributed by atoms with van der Waals surface area (Å²) in [7, 11) is -1.31. The van der Waals surface area contributed by atoms with Crippen molar-refractivity contribution in [2.45, 2.75) is 10.1 Å². The Morgan fingerprint density at radius 3 is 2.29 bits per heavy atom. The van der Waals surface area contributed by atoms with Crippen LogP contribution in [0.4, 0.5) is 0 Å². The second kappa shape index (κ2) is 4.06. The average molecular weight is 205 g/mol. The van der Waals surface area contributed by atoms with Crippen LogP contribution in [0.1, 0.15) is 0 Å². The molecule has 2 aromatic rings. The molecule has 0 aliphatic rings. The van der Waals surface area contributed by atoms with E-state index in [2.05, 4.69) is 15.0 Å². The normalized spacial score (nSPS) is 12.3. The van der Waals surface area contributed by atoms with E-state index in [-0.39, 0.29) is 0 Å². The molecule has 0 saturated carbocycles. The molecule has 0 amide bonds. The van der Waals surface area contributed by atoms with E-state index < -0.39 is 10.8 Å².